The predicted octanol–water partition coefficient (Wildman–Crippen LogP) is 3.16. The number of nitrogens with two attached hydrogens (primary N) is 1. The molecule has 0 heterocycles. The zero-order valence-electron chi connectivity index (χ0n) is 12.0. The Hall–Kier alpha value is -0.0800. The second-order valence-electron chi connectivity index (χ2n) is 7.11. The smallest absolute Gasteiger partial charge is 0.0335 e. The van der Waals surface area contributed by atoms with E-state index in [0.717, 1.165) is 24.4 Å². The Morgan fingerprint density at radius 1 is 1.00 bits per heavy atom. The molecule has 0 amide bonds. The van der Waals surface area contributed by atoms with Gasteiger partial charge in [0.25, 0.3) is 0 Å². The van der Waals surface area contributed by atoms with Crippen LogP contribution in [0.3, 0.4) is 0 Å². The lowest BCUT2D eigenvalue weighted by atomic mass is 9.74. The van der Waals surface area contributed by atoms with E-state index in [1.165, 1.54) is 64.3 Å². The van der Waals surface area contributed by atoms with Crippen molar-refractivity contribution in [2.75, 3.05) is 13.1 Å². The fourth-order valence-electron chi connectivity index (χ4n) is 3.93. The van der Waals surface area contributed by atoms with Gasteiger partial charge in [0.05, 0.1) is 0 Å². The lowest BCUT2D eigenvalue weighted by Gasteiger charge is -2.48. The highest BCUT2D eigenvalue weighted by atomic mass is 15.3. The topological polar surface area (TPSA) is 29.3 Å². The van der Waals surface area contributed by atoms with Gasteiger partial charge in [0, 0.05) is 24.7 Å². The van der Waals surface area contributed by atoms with Crippen LogP contribution in [0, 0.1) is 11.8 Å². The van der Waals surface area contributed by atoms with Gasteiger partial charge >= 0.3 is 0 Å². The van der Waals surface area contributed by atoms with Crippen LogP contribution in [0.5, 0.6) is 0 Å². The van der Waals surface area contributed by atoms with Crippen LogP contribution < -0.4 is 5.73 Å². The van der Waals surface area contributed by atoms with Crippen LogP contribution in [0.2, 0.25) is 0 Å². The van der Waals surface area contributed by atoms with E-state index in [9.17, 15) is 0 Å². The molecule has 0 aliphatic heterocycles. The van der Waals surface area contributed by atoms with Crippen molar-refractivity contribution in [2.24, 2.45) is 17.6 Å². The molecule has 2 heteroatoms. The summed E-state index contributed by atoms with van der Waals surface area (Å²) in [6.07, 6.45) is 12.8. The summed E-state index contributed by atoms with van der Waals surface area (Å²) in [5.74, 6) is 1.99. The van der Waals surface area contributed by atoms with Gasteiger partial charge in [0.1, 0.15) is 0 Å². The number of nitrogens with zero attached hydrogens (tertiary/aromatic N) is 1. The van der Waals surface area contributed by atoms with Crippen molar-refractivity contribution in [3.63, 3.8) is 0 Å². The van der Waals surface area contributed by atoms with E-state index in [0.29, 0.717) is 5.54 Å². The average molecular weight is 250 g/mol. The van der Waals surface area contributed by atoms with Gasteiger partial charge in [-0.05, 0) is 63.2 Å². The molecule has 2 N–H and O–H groups in total. The SMILES string of the molecule is CCC1CCC(CN)(N(CC2CC2)C2CC2)CC1. The first-order valence-electron chi connectivity index (χ1n) is 8.24. The Morgan fingerprint density at radius 2 is 1.67 bits per heavy atom. The van der Waals surface area contributed by atoms with E-state index in [-0.39, 0.29) is 0 Å². The highest BCUT2D eigenvalue weighted by Crippen LogP contribution is 2.45. The Kier molecular flexibility index (Phi) is 3.68. The molecule has 0 aromatic heterocycles. The fourth-order valence-corrected chi connectivity index (χ4v) is 3.93. The summed E-state index contributed by atoms with van der Waals surface area (Å²) in [5.41, 5.74) is 6.63. The maximum atomic E-state index is 6.25. The van der Waals surface area contributed by atoms with Gasteiger partial charge in [-0.25, -0.2) is 0 Å². The van der Waals surface area contributed by atoms with Crippen molar-refractivity contribution in [2.45, 2.75) is 76.3 Å². The normalized spacial score (nSPS) is 37.2. The third-order valence-electron chi connectivity index (χ3n) is 5.74. The van der Waals surface area contributed by atoms with Gasteiger partial charge in [0.2, 0.25) is 0 Å². The molecule has 0 unspecified atom stereocenters. The van der Waals surface area contributed by atoms with Gasteiger partial charge < -0.3 is 5.73 Å². The first-order chi connectivity index (χ1) is 8.77. The maximum absolute atomic E-state index is 6.25. The average Bonchev–Trinajstić information content (AvgIpc) is 3.29. The van der Waals surface area contributed by atoms with Crippen LogP contribution in [-0.2, 0) is 0 Å². The van der Waals surface area contributed by atoms with Crippen LogP contribution in [0.25, 0.3) is 0 Å². The molecule has 0 atom stereocenters. The lowest BCUT2D eigenvalue weighted by Crippen LogP contribution is -2.57. The van der Waals surface area contributed by atoms with Crippen LogP contribution in [0.1, 0.15) is 64.7 Å². The van der Waals surface area contributed by atoms with Crippen molar-refractivity contribution in [3.05, 3.63) is 0 Å². The summed E-state index contributed by atoms with van der Waals surface area (Å²) < 4.78 is 0. The summed E-state index contributed by atoms with van der Waals surface area (Å²) in [4.78, 5) is 2.87. The molecular formula is C16H30N2. The molecular weight excluding hydrogens is 220 g/mol. The fraction of sp³-hybridized carbons (Fsp3) is 1.00. The van der Waals surface area contributed by atoms with Crippen molar-refractivity contribution in [3.8, 4) is 0 Å². The molecule has 2 nitrogen and oxygen atoms in total. The molecule has 3 rings (SSSR count). The number of hydrogen-bond acceptors (Lipinski definition) is 2. The van der Waals surface area contributed by atoms with Crippen molar-refractivity contribution in [1.29, 1.82) is 0 Å². The van der Waals surface area contributed by atoms with Crippen LogP contribution in [0.15, 0.2) is 0 Å². The molecule has 0 spiro atoms. The second kappa shape index (κ2) is 5.13. The monoisotopic (exact) mass is 250 g/mol. The Morgan fingerprint density at radius 3 is 2.11 bits per heavy atom. The molecule has 18 heavy (non-hydrogen) atoms. The third kappa shape index (κ3) is 2.60. The highest BCUT2D eigenvalue weighted by molar-refractivity contribution is 5.03. The van der Waals surface area contributed by atoms with Gasteiger partial charge in [-0.1, -0.05) is 13.3 Å². The molecule has 3 saturated carbocycles. The number of hydrogen-bond donors (Lipinski definition) is 1. The third-order valence-corrected chi connectivity index (χ3v) is 5.74. The molecule has 3 aliphatic carbocycles. The van der Waals surface area contributed by atoms with Crippen LogP contribution in [-0.4, -0.2) is 29.6 Å². The van der Waals surface area contributed by atoms with Gasteiger partial charge in [-0.15, -0.1) is 0 Å². The van der Waals surface area contributed by atoms with Crippen LogP contribution >= 0.6 is 0 Å². The van der Waals surface area contributed by atoms with Gasteiger partial charge in [-0.3, -0.25) is 4.90 Å². The van der Waals surface area contributed by atoms with E-state index < -0.39 is 0 Å². The minimum atomic E-state index is 0.384. The van der Waals surface area contributed by atoms with Gasteiger partial charge in [0.15, 0.2) is 0 Å². The molecule has 0 aromatic rings. The summed E-state index contributed by atoms with van der Waals surface area (Å²) in [6.45, 7) is 4.61. The Balaban J connectivity index is 1.67. The minimum Gasteiger partial charge on any atom is -0.329 e. The summed E-state index contributed by atoms with van der Waals surface area (Å²) in [7, 11) is 0. The molecule has 104 valence electrons. The first-order valence-corrected chi connectivity index (χ1v) is 8.24. The molecule has 3 fully saturated rings. The van der Waals surface area contributed by atoms with Crippen molar-refractivity contribution >= 4 is 0 Å². The molecule has 0 bridgehead atoms. The Bertz CT molecular complexity index is 273. The molecule has 0 saturated heterocycles. The zero-order valence-corrected chi connectivity index (χ0v) is 12.0. The van der Waals surface area contributed by atoms with E-state index in [4.69, 9.17) is 5.73 Å². The quantitative estimate of drug-likeness (QED) is 0.784. The van der Waals surface area contributed by atoms with Crippen molar-refractivity contribution < 1.29 is 0 Å². The summed E-state index contributed by atoms with van der Waals surface area (Å²) in [5, 5.41) is 0. The lowest BCUT2D eigenvalue weighted by molar-refractivity contribution is 0.0306. The minimum absolute atomic E-state index is 0.384. The maximum Gasteiger partial charge on any atom is 0.0335 e. The highest BCUT2D eigenvalue weighted by Gasteiger charge is 2.46. The molecule has 0 radical (unpaired) electrons. The van der Waals surface area contributed by atoms with E-state index >= 15 is 0 Å². The summed E-state index contributed by atoms with van der Waals surface area (Å²) >= 11 is 0. The zero-order chi connectivity index (χ0) is 12.6. The van der Waals surface area contributed by atoms with E-state index in [2.05, 4.69) is 11.8 Å². The predicted molar refractivity (Wildman–Crippen MR) is 76.5 cm³/mol. The summed E-state index contributed by atoms with van der Waals surface area (Å²) in [6, 6.07) is 0.896. The largest absolute Gasteiger partial charge is 0.329 e. The number of rotatable bonds is 6. The molecule has 3 aliphatic rings. The second-order valence-corrected chi connectivity index (χ2v) is 7.11. The van der Waals surface area contributed by atoms with E-state index in [1.807, 2.05) is 0 Å². The van der Waals surface area contributed by atoms with Crippen molar-refractivity contribution in [1.82, 2.24) is 4.90 Å². The first kappa shape index (κ1) is 12.9. The molecule has 0 aromatic carbocycles. The van der Waals surface area contributed by atoms with E-state index in [1.54, 1.807) is 0 Å². The van der Waals surface area contributed by atoms with Crippen LogP contribution in [0.4, 0.5) is 0 Å². The standard InChI is InChI=1S/C16H30N2/c1-2-13-7-9-16(12-17,10-8-13)18(15-5-6-15)11-14-3-4-14/h13-15H,2-12,17H2,1H3. The Labute approximate surface area is 112 Å². The van der Waals surface area contributed by atoms with Gasteiger partial charge in [-0.2, -0.15) is 0 Å².